The standard InChI is InChI=1S/C28H34F2N2O6S/c1-28(2,3)10-9-21(33)23(34)24(35)25(38-4)26(36)31-19-15-39-22-8-6-5-7-20(22)32(27(19)37)14-16-11-17(29)13-18(30)12-16/h5-13,19,21,23-25,33-35H,14-15H2,1-4H3,(H,31,36)/t19?,21-,23+,24-,25-/m1/s1. The zero-order valence-corrected chi connectivity index (χ0v) is 23.0. The number of benzene rings is 2. The van der Waals surface area contributed by atoms with Crippen LogP contribution in [0.1, 0.15) is 26.3 Å². The van der Waals surface area contributed by atoms with Crippen molar-refractivity contribution < 1.29 is 38.4 Å². The second kappa shape index (κ2) is 13.0. The van der Waals surface area contributed by atoms with Gasteiger partial charge in [-0.15, -0.1) is 11.8 Å². The first kappa shape index (κ1) is 30.7. The van der Waals surface area contributed by atoms with Crippen molar-refractivity contribution in [3.8, 4) is 0 Å². The lowest BCUT2D eigenvalue weighted by Crippen LogP contribution is -2.56. The average molecular weight is 565 g/mol. The Hall–Kier alpha value is -2.83. The molecule has 3 rings (SSSR count). The summed E-state index contributed by atoms with van der Waals surface area (Å²) in [6, 6.07) is 8.90. The van der Waals surface area contributed by atoms with Crippen molar-refractivity contribution in [2.24, 2.45) is 5.41 Å². The highest BCUT2D eigenvalue weighted by Crippen LogP contribution is 2.35. The highest BCUT2D eigenvalue weighted by molar-refractivity contribution is 7.99. The monoisotopic (exact) mass is 564 g/mol. The van der Waals surface area contributed by atoms with E-state index < -0.39 is 53.9 Å². The molecule has 11 heteroatoms. The number of rotatable bonds is 9. The van der Waals surface area contributed by atoms with Gasteiger partial charge in [-0.25, -0.2) is 8.78 Å². The molecule has 0 saturated carbocycles. The van der Waals surface area contributed by atoms with Crippen molar-refractivity contribution in [3.05, 3.63) is 71.8 Å². The lowest BCUT2D eigenvalue weighted by molar-refractivity contribution is -0.150. The predicted octanol–water partition coefficient (Wildman–Crippen LogP) is 2.79. The van der Waals surface area contributed by atoms with E-state index in [2.05, 4.69) is 5.32 Å². The molecule has 5 atom stereocenters. The van der Waals surface area contributed by atoms with Crippen molar-refractivity contribution in [2.75, 3.05) is 17.8 Å². The van der Waals surface area contributed by atoms with E-state index in [9.17, 15) is 33.7 Å². The molecule has 39 heavy (non-hydrogen) atoms. The minimum absolute atomic E-state index is 0.127. The summed E-state index contributed by atoms with van der Waals surface area (Å²) in [5.41, 5.74) is 0.446. The Morgan fingerprint density at radius 2 is 1.79 bits per heavy atom. The van der Waals surface area contributed by atoms with Gasteiger partial charge < -0.3 is 30.3 Å². The first-order valence-corrected chi connectivity index (χ1v) is 13.3. The molecule has 0 saturated heterocycles. The van der Waals surface area contributed by atoms with E-state index in [-0.39, 0.29) is 23.3 Å². The van der Waals surface area contributed by atoms with Gasteiger partial charge in [-0.1, -0.05) is 45.1 Å². The molecule has 4 N–H and O–H groups in total. The fraction of sp³-hybridized carbons (Fsp3) is 0.429. The Kier molecular flexibility index (Phi) is 10.2. The van der Waals surface area contributed by atoms with Gasteiger partial charge in [0.05, 0.1) is 12.2 Å². The van der Waals surface area contributed by atoms with Crippen LogP contribution in [0.2, 0.25) is 0 Å². The third kappa shape index (κ3) is 8.09. The van der Waals surface area contributed by atoms with Gasteiger partial charge in [-0.3, -0.25) is 9.59 Å². The lowest BCUT2D eigenvalue weighted by atomic mass is 9.94. The van der Waals surface area contributed by atoms with Gasteiger partial charge in [0, 0.05) is 23.8 Å². The topological polar surface area (TPSA) is 119 Å². The molecule has 0 aliphatic carbocycles. The van der Waals surface area contributed by atoms with Crippen LogP contribution in [0.15, 0.2) is 59.5 Å². The van der Waals surface area contributed by atoms with Crippen LogP contribution < -0.4 is 10.2 Å². The Morgan fingerprint density at radius 3 is 2.41 bits per heavy atom. The van der Waals surface area contributed by atoms with E-state index >= 15 is 0 Å². The van der Waals surface area contributed by atoms with Gasteiger partial charge in [-0.05, 0) is 35.2 Å². The zero-order chi connectivity index (χ0) is 28.9. The van der Waals surface area contributed by atoms with E-state index in [0.717, 1.165) is 30.2 Å². The summed E-state index contributed by atoms with van der Waals surface area (Å²) in [7, 11) is 1.15. The largest absolute Gasteiger partial charge is 0.387 e. The van der Waals surface area contributed by atoms with E-state index in [0.29, 0.717) is 5.69 Å². The third-order valence-electron chi connectivity index (χ3n) is 6.02. The van der Waals surface area contributed by atoms with Crippen LogP contribution in [0.4, 0.5) is 14.5 Å². The van der Waals surface area contributed by atoms with Crippen LogP contribution in [0, 0.1) is 17.0 Å². The molecule has 0 aromatic heterocycles. The van der Waals surface area contributed by atoms with Crippen molar-refractivity contribution in [2.45, 2.75) is 62.7 Å². The highest BCUT2D eigenvalue weighted by Gasteiger charge is 2.38. The molecule has 212 valence electrons. The maximum absolute atomic E-state index is 13.9. The van der Waals surface area contributed by atoms with Crippen LogP contribution in [-0.2, 0) is 20.9 Å². The zero-order valence-electron chi connectivity index (χ0n) is 22.2. The fourth-order valence-electron chi connectivity index (χ4n) is 4.04. The van der Waals surface area contributed by atoms with Crippen LogP contribution >= 0.6 is 11.8 Å². The normalized spacial score (nSPS) is 19.3. The summed E-state index contributed by atoms with van der Waals surface area (Å²) < 4.78 is 32.8. The van der Waals surface area contributed by atoms with Crippen LogP contribution in [-0.4, -0.2) is 70.5 Å². The van der Waals surface area contributed by atoms with Crippen molar-refractivity contribution >= 4 is 29.3 Å². The molecule has 2 amide bonds. The highest BCUT2D eigenvalue weighted by atomic mass is 32.2. The number of allylic oxidation sites excluding steroid dienone is 1. The Morgan fingerprint density at radius 1 is 1.15 bits per heavy atom. The van der Waals surface area contributed by atoms with Crippen molar-refractivity contribution in [1.82, 2.24) is 5.32 Å². The number of ether oxygens (including phenoxy) is 1. The number of aliphatic hydroxyl groups excluding tert-OH is 3. The third-order valence-corrected chi connectivity index (χ3v) is 7.18. The van der Waals surface area contributed by atoms with E-state index in [1.807, 2.05) is 20.8 Å². The number of nitrogens with zero attached hydrogens (tertiary/aromatic N) is 1. The number of hydrogen-bond donors (Lipinski definition) is 4. The number of thioether (sulfide) groups is 1. The van der Waals surface area contributed by atoms with Gasteiger partial charge in [0.1, 0.15) is 36.0 Å². The van der Waals surface area contributed by atoms with E-state index in [4.69, 9.17) is 4.74 Å². The molecule has 2 aromatic rings. The second-order valence-electron chi connectivity index (χ2n) is 10.4. The van der Waals surface area contributed by atoms with Crippen LogP contribution in [0.3, 0.4) is 0 Å². The molecular weight excluding hydrogens is 530 g/mol. The number of para-hydroxylation sites is 1. The number of hydrogen-bond acceptors (Lipinski definition) is 7. The molecule has 1 aliphatic rings. The molecule has 0 spiro atoms. The summed E-state index contributed by atoms with van der Waals surface area (Å²) in [6.45, 7) is 5.51. The predicted molar refractivity (Wildman–Crippen MR) is 144 cm³/mol. The van der Waals surface area contributed by atoms with E-state index in [1.165, 1.54) is 22.7 Å². The molecule has 0 bridgehead atoms. The van der Waals surface area contributed by atoms with Gasteiger partial charge >= 0.3 is 0 Å². The fourth-order valence-corrected chi connectivity index (χ4v) is 5.12. The maximum Gasteiger partial charge on any atom is 0.252 e. The van der Waals surface area contributed by atoms with Crippen molar-refractivity contribution in [1.29, 1.82) is 0 Å². The summed E-state index contributed by atoms with van der Waals surface area (Å²) in [6.07, 6.45) is -3.65. The number of carbonyl (C=O) groups is 2. The van der Waals surface area contributed by atoms with Gasteiger partial charge in [0.2, 0.25) is 0 Å². The number of methoxy groups -OCH3 is 1. The molecule has 0 radical (unpaired) electrons. The summed E-state index contributed by atoms with van der Waals surface area (Å²) in [5, 5.41) is 34.0. The molecular formula is C28H34F2N2O6S. The summed E-state index contributed by atoms with van der Waals surface area (Å²) in [4.78, 5) is 28.8. The lowest BCUT2D eigenvalue weighted by Gasteiger charge is -2.29. The van der Waals surface area contributed by atoms with Crippen LogP contribution in [0.5, 0.6) is 0 Å². The summed E-state index contributed by atoms with van der Waals surface area (Å²) >= 11 is 1.30. The number of fused-ring (bicyclic) bond motifs is 1. The molecule has 8 nitrogen and oxygen atoms in total. The molecule has 1 aliphatic heterocycles. The van der Waals surface area contributed by atoms with Crippen LogP contribution in [0.25, 0.3) is 0 Å². The molecule has 1 unspecified atom stereocenters. The number of halogens is 2. The van der Waals surface area contributed by atoms with Crippen molar-refractivity contribution in [3.63, 3.8) is 0 Å². The Labute approximate surface area is 230 Å². The van der Waals surface area contributed by atoms with E-state index in [1.54, 1.807) is 30.3 Å². The number of nitrogens with one attached hydrogen (secondary N) is 1. The number of aliphatic hydroxyl groups is 3. The Balaban J connectivity index is 1.81. The quantitative estimate of drug-likeness (QED) is 0.346. The molecule has 1 heterocycles. The first-order chi connectivity index (χ1) is 18.3. The van der Waals surface area contributed by atoms with Gasteiger partial charge in [0.25, 0.3) is 11.8 Å². The SMILES string of the molecule is CO[C@@H](C(=O)NC1CSc2ccccc2N(Cc2cc(F)cc(F)c2)C1=O)[C@H](O)[C@@H](O)[C@H](O)C=CC(C)(C)C. The molecule has 0 fully saturated rings. The average Bonchev–Trinajstić information content (AvgIpc) is 2.98. The number of carbonyl (C=O) groups excluding carboxylic acids is 2. The first-order valence-electron chi connectivity index (χ1n) is 12.4. The molecule has 2 aromatic carbocycles. The maximum atomic E-state index is 13.9. The minimum Gasteiger partial charge on any atom is -0.387 e. The Bertz CT molecular complexity index is 1180. The second-order valence-corrected chi connectivity index (χ2v) is 11.5. The minimum atomic E-state index is -1.81. The number of amides is 2. The van der Waals surface area contributed by atoms with Gasteiger partial charge in [0.15, 0.2) is 6.10 Å². The summed E-state index contributed by atoms with van der Waals surface area (Å²) in [5.74, 6) is -2.85. The number of anilines is 1. The smallest absolute Gasteiger partial charge is 0.252 e. The van der Waals surface area contributed by atoms with Gasteiger partial charge in [-0.2, -0.15) is 0 Å².